The molecular formula is C11H12BrN3O. The fourth-order valence-electron chi connectivity index (χ4n) is 1.39. The van der Waals surface area contributed by atoms with E-state index in [1.54, 1.807) is 12.4 Å². The zero-order chi connectivity index (χ0) is 11.5. The molecule has 0 aliphatic heterocycles. The smallest absolute Gasteiger partial charge is 0.123 e. The van der Waals surface area contributed by atoms with Gasteiger partial charge in [-0.3, -0.25) is 4.98 Å². The number of nitrogen functional groups attached to an aromatic ring is 1. The first-order valence-electron chi connectivity index (χ1n) is 4.85. The van der Waals surface area contributed by atoms with Gasteiger partial charge in [0.05, 0.1) is 28.6 Å². The zero-order valence-corrected chi connectivity index (χ0v) is 10.4. The van der Waals surface area contributed by atoms with Crippen molar-refractivity contribution >= 4 is 27.3 Å². The van der Waals surface area contributed by atoms with Gasteiger partial charge in [0.25, 0.3) is 0 Å². The fourth-order valence-corrected chi connectivity index (χ4v) is 1.88. The lowest BCUT2D eigenvalue weighted by Gasteiger charge is -2.09. The maximum absolute atomic E-state index is 5.81. The number of pyridine rings is 1. The molecule has 84 valence electrons. The van der Waals surface area contributed by atoms with Gasteiger partial charge in [0.2, 0.25) is 0 Å². The molecule has 0 saturated carbocycles. The lowest BCUT2D eigenvalue weighted by Crippen LogP contribution is -2.03. The summed E-state index contributed by atoms with van der Waals surface area (Å²) in [4.78, 5) is 3.97. The van der Waals surface area contributed by atoms with Crippen LogP contribution in [0.5, 0.6) is 0 Å². The van der Waals surface area contributed by atoms with Crippen LogP contribution in [0.1, 0.15) is 11.5 Å². The van der Waals surface area contributed by atoms with Crippen LogP contribution in [-0.4, -0.2) is 4.98 Å². The summed E-state index contributed by atoms with van der Waals surface area (Å²) in [5.74, 6) is 1.78. The van der Waals surface area contributed by atoms with Crippen LogP contribution < -0.4 is 11.1 Å². The van der Waals surface area contributed by atoms with Crippen LogP contribution >= 0.6 is 15.9 Å². The Balaban J connectivity index is 2.10. The Labute approximate surface area is 102 Å². The van der Waals surface area contributed by atoms with Gasteiger partial charge in [0.1, 0.15) is 11.5 Å². The lowest BCUT2D eigenvalue weighted by atomic mass is 10.3. The average molecular weight is 282 g/mol. The third-order valence-electron chi connectivity index (χ3n) is 2.16. The van der Waals surface area contributed by atoms with Gasteiger partial charge in [-0.15, -0.1) is 0 Å². The van der Waals surface area contributed by atoms with Crippen LogP contribution in [0, 0.1) is 6.92 Å². The molecule has 0 bridgehead atoms. The van der Waals surface area contributed by atoms with Crippen molar-refractivity contribution in [2.75, 3.05) is 11.1 Å². The van der Waals surface area contributed by atoms with Gasteiger partial charge in [0, 0.05) is 6.20 Å². The topological polar surface area (TPSA) is 64.1 Å². The molecule has 0 aliphatic rings. The number of nitrogens with two attached hydrogens (primary N) is 1. The minimum atomic E-state index is 0.598. The molecule has 2 aromatic heterocycles. The van der Waals surface area contributed by atoms with E-state index in [0.717, 1.165) is 21.7 Å². The van der Waals surface area contributed by atoms with E-state index < -0.39 is 0 Å². The maximum atomic E-state index is 5.81. The molecule has 0 aliphatic carbocycles. The third kappa shape index (κ3) is 2.36. The summed E-state index contributed by atoms with van der Waals surface area (Å²) in [6.07, 6.45) is 3.31. The Morgan fingerprint density at radius 2 is 2.25 bits per heavy atom. The van der Waals surface area contributed by atoms with Crippen LogP contribution in [0.2, 0.25) is 0 Å². The number of hydrogen-bond donors (Lipinski definition) is 2. The maximum Gasteiger partial charge on any atom is 0.123 e. The van der Waals surface area contributed by atoms with E-state index in [1.807, 2.05) is 19.1 Å². The summed E-state index contributed by atoms with van der Waals surface area (Å²) in [6, 6.07) is 3.87. The molecular weight excluding hydrogens is 270 g/mol. The number of nitrogens with zero attached hydrogens (tertiary/aromatic N) is 1. The van der Waals surface area contributed by atoms with Gasteiger partial charge in [-0.25, -0.2) is 0 Å². The first-order chi connectivity index (χ1) is 7.66. The van der Waals surface area contributed by atoms with Crippen molar-refractivity contribution in [2.24, 2.45) is 0 Å². The van der Waals surface area contributed by atoms with Crippen molar-refractivity contribution in [3.05, 3.63) is 40.5 Å². The monoisotopic (exact) mass is 281 g/mol. The van der Waals surface area contributed by atoms with E-state index in [0.29, 0.717) is 12.2 Å². The molecule has 0 fully saturated rings. The zero-order valence-electron chi connectivity index (χ0n) is 8.83. The number of furan rings is 1. The van der Waals surface area contributed by atoms with Crippen LogP contribution in [-0.2, 0) is 6.54 Å². The lowest BCUT2D eigenvalue weighted by molar-refractivity contribution is 0.490. The van der Waals surface area contributed by atoms with Gasteiger partial charge < -0.3 is 15.5 Å². The average Bonchev–Trinajstić information content (AvgIpc) is 2.63. The second kappa shape index (κ2) is 4.57. The van der Waals surface area contributed by atoms with Crippen molar-refractivity contribution in [1.29, 1.82) is 0 Å². The van der Waals surface area contributed by atoms with Crippen LogP contribution in [0.4, 0.5) is 11.4 Å². The highest BCUT2D eigenvalue weighted by atomic mass is 79.9. The predicted molar refractivity (Wildman–Crippen MR) is 67.1 cm³/mol. The second-order valence-corrected chi connectivity index (χ2v) is 4.31. The molecule has 0 spiro atoms. The highest BCUT2D eigenvalue weighted by molar-refractivity contribution is 9.10. The van der Waals surface area contributed by atoms with Gasteiger partial charge >= 0.3 is 0 Å². The van der Waals surface area contributed by atoms with E-state index in [1.165, 1.54) is 0 Å². The fraction of sp³-hybridized carbons (Fsp3) is 0.182. The standard InChI is InChI=1S/C11H12BrN3O/c1-7-2-3-8(16-7)4-15-11-9(12)5-14-6-10(11)13/h2-3,5-6H,4,13H2,1H3,(H,14,15). The van der Waals surface area contributed by atoms with Crippen LogP contribution in [0.25, 0.3) is 0 Å². The van der Waals surface area contributed by atoms with E-state index in [9.17, 15) is 0 Å². The number of aryl methyl sites for hydroxylation is 1. The van der Waals surface area contributed by atoms with E-state index in [-0.39, 0.29) is 0 Å². The Hall–Kier alpha value is -1.49. The number of anilines is 2. The van der Waals surface area contributed by atoms with Gasteiger partial charge in [0.15, 0.2) is 0 Å². The molecule has 0 saturated heterocycles. The molecule has 2 rings (SSSR count). The summed E-state index contributed by atoms with van der Waals surface area (Å²) < 4.78 is 6.29. The summed E-state index contributed by atoms with van der Waals surface area (Å²) in [5, 5.41) is 3.21. The molecule has 5 heteroatoms. The van der Waals surface area contributed by atoms with Crippen molar-refractivity contribution in [3.63, 3.8) is 0 Å². The molecule has 16 heavy (non-hydrogen) atoms. The highest BCUT2D eigenvalue weighted by Gasteiger charge is 2.05. The second-order valence-electron chi connectivity index (χ2n) is 3.45. The normalized spacial score (nSPS) is 10.4. The van der Waals surface area contributed by atoms with Crippen molar-refractivity contribution < 1.29 is 4.42 Å². The largest absolute Gasteiger partial charge is 0.465 e. The molecule has 4 nitrogen and oxygen atoms in total. The van der Waals surface area contributed by atoms with Crippen molar-refractivity contribution in [2.45, 2.75) is 13.5 Å². The summed E-state index contributed by atoms with van der Waals surface area (Å²) in [5.41, 5.74) is 7.25. The molecule has 0 radical (unpaired) electrons. The summed E-state index contributed by atoms with van der Waals surface area (Å²) in [7, 11) is 0. The van der Waals surface area contributed by atoms with Gasteiger partial charge in [-0.1, -0.05) is 0 Å². The number of aromatic nitrogens is 1. The van der Waals surface area contributed by atoms with E-state index >= 15 is 0 Å². The highest BCUT2D eigenvalue weighted by Crippen LogP contribution is 2.27. The van der Waals surface area contributed by atoms with Crippen molar-refractivity contribution in [3.8, 4) is 0 Å². The van der Waals surface area contributed by atoms with Crippen molar-refractivity contribution in [1.82, 2.24) is 4.98 Å². The number of rotatable bonds is 3. The Morgan fingerprint density at radius 3 is 2.88 bits per heavy atom. The minimum Gasteiger partial charge on any atom is -0.465 e. The van der Waals surface area contributed by atoms with Gasteiger partial charge in [-0.2, -0.15) is 0 Å². The Morgan fingerprint density at radius 1 is 1.44 bits per heavy atom. The molecule has 2 aromatic rings. The first kappa shape index (κ1) is 11.0. The first-order valence-corrected chi connectivity index (χ1v) is 5.64. The number of nitrogens with one attached hydrogen (secondary N) is 1. The number of hydrogen-bond acceptors (Lipinski definition) is 4. The van der Waals surface area contributed by atoms with Crippen LogP contribution in [0.15, 0.2) is 33.4 Å². The SMILES string of the molecule is Cc1ccc(CNc2c(N)cncc2Br)o1. The van der Waals surface area contributed by atoms with E-state index in [4.69, 9.17) is 10.2 Å². The predicted octanol–water partition coefficient (Wildman–Crippen LogP) is 2.94. The molecule has 3 N–H and O–H groups in total. The van der Waals surface area contributed by atoms with E-state index in [2.05, 4.69) is 26.2 Å². The summed E-state index contributed by atoms with van der Waals surface area (Å²) >= 11 is 3.39. The quantitative estimate of drug-likeness (QED) is 0.908. The Kier molecular flexibility index (Phi) is 3.14. The summed E-state index contributed by atoms with van der Waals surface area (Å²) in [6.45, 7) is 2.51. The van der Waals surface area contributed by atoms with Crippen LogP contribution in [0.3, 0.4) is 0 Å². The molecule has 0 atom stereocenters. The third-order valence-corrected chi connectivity index (χ3v) is 2.77. The molecule has 0 aromatic carbocycles. The minimum absolute atomic E-state index is 0.598. The molecule has 2 heterocycles. The van der Waals surface area contributed by atoms with Gasteiger partial charge in [-0.05, 0) is 35.0 Å². The Bertz CT molecular complexity index is 475. The number of halogens is 1. The molecule has 0 unspecified atom stereocenters. The molecule has 0 amide bonds.